The van der Waals surface area contributed by atoms with Gasteiger partial charge < -0.3 is 15.4 Å². The molecule has 0 aromatic rings. The molecule has 5 heteroatoms. The van der Waals surface area contributed by atoms with E-state index in [0.29, 0.717) is 25.2 Å². The number of amides is 1. The third-order valence-electron chi connectivity index (χ3n) is 2.98. The van der Waals surface area contributed by atoms with Gasteiger partial charge in [-0.15, -0.1) is 0 Å². The van der Waals surface area contributed by atoms with Crippen molar-refractivity contribution in [1.29, 1.82) is 0 Å². The van der Waals surface area contributed by atoms with Gasteiger partial charge in [0.2, 0.25) is 5.91 Å². The number of methoxy groups -OCH3 is 1. The minimum Gasteiger partial charge on any atom is -0.383 e. The van der Waals surface area contributed by atoms with Crippen LogP contribution in [0.25, 0.3) is 0 Å². The monoisotopic (exact) mass is 273 g/mol. The molecule has 1 amide bonds. The van der Waals surface area contributed by atoms with Gasteiger partial charge in [0.05, 0.1) is 13.2 Å². The number of carbonyl (C=O) groups excluding carboxylic acids is 1. The molecule has 0 saturated heterocycles. The number of ether oxygens (including phenoxy) is 1. The Labute approximate surface area is 118 Å². The second kappa shape index (κ2) is 10.2. The average Bonchev–Trinajstić information content (AvgIpc) is 2.27. The molecule has 0 saturated carbocycles. The predicted octanol–water partition coefficient (Wildman–Crippen LogP) is 0.846. The van der Waals surface area contributed by atoms with Gasteiger partial charge in [-0.25, -0.2) is 0 Å². The summed E-state index contributed by atoms with van der Waals surface area (Å²) in [5, 5.41) is 6.05. The summed E-state index contributed by atoms with van der Waals surface area (Å²) in [7, 11) is 1.63. The Balaban J connectivity index is 3.76. The Bertz CT molecular complexity index is 237. The molecule has 0 radical (unpaired) electrons. The van der Waals surface area contributed by atoms with Crippen LogP contribution in [0.4, 0.5) is 0 Å². The van der Waals surface area contributed by atoms with Gasteiger partial charge in [-0.1, -0.05) is 0 Å². The molecule has 0 aliphatic heterocycles. The fourth-order valence-electron chi connectivity index (χ4n) is 2.14. The average molecular weight is 273 g/mol. The van der Waals surface area contributed by atoms with Crippen LogP contribution in [0.5, 0.6) is 0 Å². The number of carbonyl (C=O) groups is 1. The van der Waals surface area contributed by atoms with E-state index in [9.17, 15) is 4.79 Å². The molecular weight excluding hydrogens is 242 g/mol. The van der Waals surface area contributed by atoms with E-state index in [1.165, 1.54) is 0 Å². The molecule has 0 rings (SSSR count). The first-order chi connectivity index (χ1) is 8.88. The second-order valence-electron chi connectivity index (χ2n) is 5.53. The Hall–Kier alpha value is -0.650. The van der Waals surface area contributed by atoms with Crippen molar-refractivity contribution in [2.75, 3.05) is 33.4 Å². The van der Waals surface area contributed by atoms with Crippen molar-refractivity contribution in [3.8, 4) is 0 Å². The van der Waals surface area contributed by atoms with E-state index in [0.717, 1.165) is 13.1 Å². The summed E-state index contributed by atoms with van der Waals surface area (Å²) in [6, 6.07) is 1.11. The zero-order valence-electron chi connectivity index (χ0n) is 13.3. The van der Waals surface area contributed by atoms with Crippen LogP contribution in [-0.2, 0) is 9.53 Å². The molecule has 0 aliphatic rings. The van der Waals surface area contributed by atoms with Crippen molar-refractivity contribution < 1.29 is 9.53 Å². The first kappa shape index (κ1) is 18.4. The maximum Gasteiger partial charge on any atom is 0.234 e. The van der Waals surface area contributed by atoms with E-state index in [-0.39, 0.29) is 11.9 Å². The molecular formula is C14H31N3O2. The van der Waals surface area contributed by atoms with Gasteiger partial charge in [-0.2, -0.15) is 0 Å². The van der Waals surface area contributed by atoms with Crippen LogP contribution < -0.4 is 10.6 Å². The number of hydrogen-bond acceptors (Lipinski definition) is 4. The highest BCUT2D eigenvalue weighted by Gasteiger charge is 2.12. The Morgan fingerprint density at radius 3 is 2.21 bits per heavy atom. The molecule has 2 N–H and O–H groups in total. The Morgan fingerprint density at radius 1 is 1.16 bits per heavy atom. The van der Waals surface area contributed by atoms with E-state index in [1.54, 1.807) is 7.11 Å². The molecule has 0 heterocycles. The summed E-state index contributed by atoms with van der Waals surface area (Å²) in [5.74, 6) is 0.0187. The molecule has 1 unspecified atom stereocenters. The lowest BCUT2D eigenvalue weighted by Gasteiger charge is -2.30. The van der Waals surface area contributed by atoms with Gasteiger partial charge >= 0.3 is 0 Å². The van der Waals surface area contributed by atoms with Crippen molar-refractivity contribution >= 4 is 5.91 Å². The minimum atomic E-state index is 0.0187. The van der Waals surface area contributed by atoms with Gasteiger partial charge in [0.1, 0.15) is 0 Å². The SMILES string of the molecule is COCC(C)NC(=O)CNCCN(C(C)C)C(C)C. The van der Waals surface area contributed by atoms with E-state index < -0.39 is 0 Å². The van der Waals surface area contributed by atoms with Crippen molar-refractivity contribution in [3.05, 3.63) is 0 Å². The van der Waals surface area contributed by atoms with Crippen molar-refractivity contribution in [3.63, 3.8) is 0 Å². The third kappa shape index (κ3) is 8.97. The normalized spacial score (nSPS) is 13.3. The predicted molar refractivity (Wildman–Crippen MR) is 79.3 cm³/mol. The molecule has 114 valence electrons. The smallest absolute Gasteiger partial charge is 0.234 e. The lowest BCUT2D eigenvalue weighted by Crippen LogP contribution is -2.44. The lowest BCUT2D eigenvalue weighted by atomic mass is 10.2. The second-order valence-corrected chi connectivity index (χ2v) is 5.53. The van der Waals surface area contributed by atoms with E-state index >= 15 is 0 Å². The number of nitrogens with one attached hydrogen (secondary N) is 2. The molecule has 0 spiro atoms. The lowest BCUT2D eigenvalue weighted by molar-refractivity contribution is -0.121. The summed E-state index contributed by atoms with van der Waals surface area (Å²) < 4.78 is 4.97. The first-order valence-electron chi connectivity index (χ1n) is 7.13. The Kier molecular flexibility index (Phi) is 9.83. The number of rotatable bonds is 10. The molecule has 5 nitrogen and oxygen atoms in total. The summed E-state index contributed by atoms with van der Waals surface area (Å²) in [6.45, 7) is 13.4. The largest absolute Gasteiger partial charge is 0.383 e. The van der Waals surface area contributed by atoms with Gasteiger partial charge in [0.15, 0.2) is 0 Å². The first-order valence-corrected chi connectivity index (χ1v) is 7.13. The molecule has 0 aliphatic carbocycles. The highest BCUT2D eigenvalue weighted by atomic mass is 16.5. The van der Waals surface area contributed by atoms with E-state index in [2.05, 4.69) is 43.2 Å². The summed E-state index contributed by atoms with van der Waals surface area (Å²) >= 11 is 0. The van der Waals surface area contributed by atoms with Crippen LogP contribution in [0.1, 0.15) is 34.6 Å². The number of hydrogen-bond donors (Lipinski definition) is 2. The van der Waals surface area contributed by atoms with Crippen LogP contribution >= 0.6 is 0 Å². The minimum absolute atomic E-state index is 0.0187. The highest BCUT2D eigenvalue weighted by Crippen LogP contribution is 2.02. The quantitative estimate of drug-likeness (QED) is 0.579. The van der Waals surface area contributed by atoms with Gasteiger partial charge in [-0.3, -0.25) is 9.69 Å². The fraction of sp³-hybridized carbons (Fsp3) is 0.929. The van der Waals surface area contributed by atoms with Crippen molar-refractivity contribution in [2.45, 2.75) is 52.7 Å². The fourth-order valence-corrected chi connectivity index (χ4v) is 2.14. The molecule has 0 fully saturated rings. The van der Waals surface area contributed by atoms with Gasteiger partial charge in [0, 0.05) is 38.3 Å². The summed E-state index contributed by atoms with van der Waals surface area (Å²) in [5.41, 5.74) is 0. The molecule has 19 heavy (non-hydrogen) atoms. The van der Waals surface area contributed by atoms with E-state index in [4.69, 9.17) is 4.74 Å². The van der Waals surface area contributed by atoms with Crippen LogP contribution in [0.2, 0.25) is 0 Å². The van der Waals surface area contributed by atoms with Gasteiger partial charge in [0.25, 0.3) is 0 Å². The molecule has 0 aromatic heterocycles. The molecule has 1 atom stereocenters. The standard InChI is InChI=1S/C14H31N3O2/c1-11(2)17(12(3)4)8-7-15-9-14(18)16-13(5)10-19-6/h11-13,15H,7-10H2,1-6H3,(H,16,18). The summed E-state index contributed by atoms with van der Waals surface area (Å²) in [6.07, 6.45) is 0. The van der Waals surface area contributed by atoms with E-state index in [1.807, 2.05) is 6.92 Å². The zero-order chi connectivity index (χ0) is 14.8. The van der Waals surface area contributed by atoms with Crippen LogP contribution in [0.15, 0.2) is 0 Å². The highest BCUT2D eigenvalue weighted by molar-refractivity contribution is 5.78. The molecule has 0 bridgehead atoms. The maximum absolute atomic E-state index is 11.6. The van der Waals surface area contributed by atoms with Crippen molar-refractivity contribution in [2.24, 2.45) is 0 Å². The van der Waals surface area contributed by atoms with Crippen LogP contribution in [0.3, 0.4) is 0 Å². The number of nitrogens with zero attached hydrogens (tertiary/aromatic N) is 1. The zero-order valence-corrected chi connectivity index (χ0v) is 13.3. The summed E-state index contributed by atoms with van der Waals surface area (Å²) in [4.78, 5) is 14.0. The third-order valence-corrected chi connectivity index (χ3v) is 2.98. The van der Waals surface area contributed by atoms with Crippen molar-refractivity contribution in [1.82, 2.24) is 15.5 Å². The molecule has 0 aromatic carbocycles. The van der Waals surface area contributed by atoms with Crippen LogP contribution in [-0.4, -0.2) is 62.3 Å². The van der Waals surface area contributed by atoms with Gasteiger partial charge in [-0.05, 0) is 34.6 Å². The van der Waals surface area contributed by atoms with Crippen LogP contribution in [0, 0.1) is 0 Å². The maximum atomic E-state index is 11.6. The topological polar surface area (TPSA) is 53.6 Å². The Morgan fingerprint density at radius 2 is 1.74 bits per heavy atom.